The Bertz CT molecular complexity index is 851. The Morgan fingerprint density at radius 1 is 1.18 bits per heavy atom. The lowest BCUT2D eigenvalue weighted by atomic mass is 9.71. The molecule has 0 aromatic heterocycles. The number of benzene rings is 1. The zero-order valence-electron chi connectivity index (χ0n) is 16.2. The van der Waals surface area contributed by atoms with Gasteiger partial charge in [0, 0.05) is 28.8 Å². The van der Waals surface area contributed by atoms with Crippen LogP contribution in [0.4, 0.5) is 0 Å². The van der Waals surface area contributed by atoms with Crippen LogP contribution in [-0.4, -0.2) is 17.9 Å². The molecule has 3 aliphatic rings. The number of esters is 1. The number of fused-ring (bicyclic) bond motifs is 1. The van der Waals surface area contributed by atoms with Crippen LogP contribution in [0.3, 0.4) is 0 Å². The molecule has 148 valence electrons. The number of nitrogens with one attached hydrogen (secondary N) is 1. The standard InChI is InChI=1S/C23H26ClNO3/c1-14-20(23(27)28-17-9-3-2-4-10-17)21(15-7-5-8-16(24)13-15)22-18(25-14)11-6-12-19(22)26/h5,7-8,11,13,17,21-22,25H,2-4,6,9-10,12H2,1H3. The molecule has 0 saturated heterocycles. The van der Waals surface area contributed by atoms with Crippen molar-refractivity contribution < 1.29 is 14.3 Å². The lowest BCUT2D eigenvalue weighted by Crippen LogP contribution is -2.41. The second-order valence-corrected chi connectivity index (χ2v) is 8.44. The van der Waals surface area contributed by atoms with Crippen molar-refractivity contribution in [1.29, 1.82) is 0 Å². The van der Waals surface area contributed by atoms with E-state index in [1.807, 2.05) is 31.2 Å². The molecule has 0 spiro atoms. The largest absolute Gasteiger partial charge is 0.459 e. The van der Waals surface area contributed by atoms with Crippen molar-refractivity contribution in [2.75, 3.05) is 0 Å². The lowest BCUT2D eigenvalue weighted by Gasteiger charge is -2.38. The molecule has 1 aliphatic heterocycles. The Labute approximate surface area is 171 Å². The first-order valence-corrected chi connectivity index (χ1v) is 10.6. The minimum absolute atomic E-state index is 0.0273. The zero-order valence-corrected chi connectivity index (χ0v) is 16.9. The molecule has 1 fully saturated rings. The minimum atomic E-state index is -0.384. The van der Waals surface area contributed by atoms with Gasteiger partial charge >= 0.3 is 5.97 Å². The first-order valence-electron chi connectivity index (χ1n) is 10.2. The van der Waals surface area contributed by atoms with Gasteiger partial charge in [-0.3, -0.25) is 4.79 Å². The fraction of sp³-hybridized carbons (Fsp3) is 0.478. The monoisotopic (exact) mass is 399 g/mol. The molecule has 5 heteroatoms. The average Bonchev–Trinajstić information content (AvgIpc) is 2.68. The fourth-order valence-electron chi connectivity index (χ4n) is 4.74. The second kappa shape index (κ2) is 8.12. The van der Waals surface area contributed by atoms with Gasteiger partial charge in [-0.25, -0.2) is 4.79 Å². The maximum Gasteiger partial charge on any atom is 0.336 e. The molecule has 2 aliphatic carbocycles. The Hall–Kier alpha value is -2.07. The Morgan fingerprint density at radius 2 is 1.96 bits per heavy atom. The number of allylic oxidation sites excluding steroid dienone is 3. The Morgan fingerprint density at radius 3 is 2.71 bits per heavy atom. The van der Waals surface area contributed by atoms with Crippen molar-refractivity contribution >= 4 is 23.4 Å². The van der Waals surface area contributed by atoms with E-state index in [-0.39, 0.29) is 29.7 Å². The van der Waals surface area contributed by atoms with Gasteiger partial charge in [-0.05, 0) is 56.7 Å². The molecule has 4 nitrogen and oxygen atoms in total. The average molecular weight is 400 g/mol. The third-order valence-electron chi connectivity index (χ3n) is 6.07. The topological polar surface area (TPSA) is 55.4 Å². The predicted molar refractivity (Wildman–Crippen MR) is 109 cm³/mol. The molecule has 28 heavy (non-hydrogen) atoms. The number of Topliss-reactive ketones (excluding diaryl/α,β-unsaturated/α-hetero) is 1. The quantitative estimate of drug-likeness (QED) is 0.723. The van der Waals surface area contributed by atoms with E-state index in [0.29, 0.717) is 17.0 Å². The summed E-state index contributed by atoms with van der Waals surface area (Å²) in [6.45, 7) is 1.89. The van der Waals surface area contributed by atoms with E-state index < -0.39 is 0 Å². The van der Waals surface area contributed by atoms with Gasteiger partial charge in [-0.2, -0.15) is 0 Å². The SMILES string of the molecule is CC1=C(C(=O)OC2CCCCC2)C(c2cccc(Cl)c2)C2C(=O)CCC=C2N1. The lowest BCUT2D eigenvalue weighted by molar-refractivity contribution is -0.146. The number of ketones is 1. The van der Waals surface area contributed by atoms with Gasteiger partial charge in [0.15, 0.2) is 0 Å². The first-order chi connectivity index (χ1) is 13.5. The molecule has 1 saturated carbocycles. The Kier molecular flexibility index (Phi) is 5.58. The number of ether oxygens (including phenoxy) is 1. The summed E-state index contributed by atoms with van der Waals surface area (Å²) in [5.74, 6) is -0.898. The molecule has 1 N–H and O–H groups in total. The molecule has 2 unspecified atom stereocenters. The molecule has 0 radical (unpaired) electrons. The van der Waals surface area contributed by atoms with Gasteiger partial charge in [0.25, 0.3) is 0 Å². The summed E-state index contributed by atoms with van der Waals surface area (Å²) < 4.78 is 5.90. The maximum absolute atomic E-state index is 13.2. The molecule has 1 aromatic carbocycles. The van der Waals surface area contributed by atoms with Crippen LogP contribution >= 0.6 is 11.6 Å². The van der Waals surface area contributed by atoms with E-state index in [0.717, 1.165) is 49.1 Å². The molecular weight excluding hydrogens is 374 g/mol. The van der Waals surface area contributed by atoms with Crippen molar-refractivity contribution in [3.63, 3.8) is 0 Å². The summed E-state index contributed by atoms with van der Waals surface area (Å²) in [5, 5.41) is 3.92. The smallest absolute Gasteiger partial charge is 0.336 e. The summed E-state index contributed by atoms with van der Waals surface area (Å²) >= 11 is 6.25. The predicted octanol–water partition coefficient (Wildman–Crippen LogP) is 5.04. The third-order valence-corrected chi connectivity index (χ3v) is 6.31. The molecule has 0 bridgehead atoms. The van der Waals surface area contributed by atoms with E-state index in [9.17, 15) is 9.59 Å². The summed E-state index contributed by atoms with van der Waals surface area (Å²) in [5.41, 5.74) is 3.11. The number of hydrogen-bond acceptors (Lipinski definition) is 4. The molecule has 1 heterocycles. The van der Waals surface area contributed by atoms with Gasteiger partial charge < -0.3 is 10.1 Å². The van der Waals surface area contributed by atoms with Crippen LogP contribution in [0, 0.1) is 5.92 Å². The van der Waals surface area contributed by atoms with Gasteiger partial charge in [-0.1, -0.05) is 36.2 Å². The summed E-state index contributed by atoms with van der Waals surface area (Å²) in [6.07, 6.45) is 8.51. The van der Waals surface area contributed by atoms with Gasteiger partial charge in [0.05, 0.1) is 11.5 Å². The second-order valence-electron chi connectivity index (χ2n) is 8.00. The van der Waals surface area contributed by atoms with Crippen LogP contribution in [0.1, 0.15) is 63.4 Å². The van der Waals surface area contributed by atoms with Gasteiger partial charge in [0.1, 0.15) is 11.9 Å². The zero-order chi connectivity index (χ0) is 19.7. The molecule has 2 atom stereocenters. The number of hydrogen-bond donors (Lipinski definition) is 1. The van der Waals surface area contributed by atoms with Crippen molar-refractivity contribution in [2.24, 2.45) is 5.92 Å². The van der Waals surface area contributed by atoms with Crippen LogP contribution in [0.15, 0.2) is 47.3 Å². The highest BCUT2D eigenvalue weighted by atomic mass is 35.5. The van der Waals surface area contributed by atoms with E-state index >= 15 is 0 Å². The maximum atomic E-state index is 13.2. The number of carbonyl (C=O) groups excluding carboxylic acids is 2. The third kappa shape index (κ3) is 3.75. The Balaban J connectivity index is 1.74. The fourth-order valence-corrected chi connectivity index (χ4v) is 4.94. The van der Waals surface area contributed by atoms with Gasteiger partial charge in [0.2, 0.25) is 0 Å². The summed E-state index contributed by atoms with van der Waals surface area (Å²) in [6, 6.07) is 7.48. The minimum Gasteiger partial charge on any atom is -0.459 e. The van der Waals surface area contributed by atoms with Crippen molar-refractivity contribution in [1.82, 2.24) is 5.32 Å². The highest BCUT2D eigenvalue weighted by molar-refractivity contribution is 6.30. The van der Waals surface area contributed by atoms with E-state index in [2.05, 4.69) is 11.4 Å². The number of rotatable bonds is 3. The summed E-state index contributed by atoms with van der Waals surface area (Å²) in [4.78, 5) is 26.1. The van der Waals surface area contributed by atoms with Crippen molar-refractivity contribution in [3.05, 3.63) is 57.9 Å². The normalized spacial score (nSPS) is 25.6. The van der Waals surface area contributed by atoms with E-state index in [1.165, 1.54) is 6.42 Å². The van der Waals surface area contributed by atoms with Crippen LogP contribution < -0.4 is 5.32 Å². The number of halogens is 1. The molecule has 0 amide bonds. The molecular formula is C23H26ClNO3. The molecule has 1 aromatic rings. The van der Waals surface area contributed by atoms with Crippen LogP contribution in [-0.2, 0) is 14.3 Å². The van der Waals surface area contributed by atoms with Crippen LogP contribution in [0.2, 0.25) is 5.02 Å². The van der Waals surface area contributed by atoms with Gasteiger partial charge in [-0.15, -0.1) is 0 Å². The number of carbonyl (C=O) groups is 2. The highest BCUT2D eigenvalue weighted by Gasteiger charge is 2.43. The van der Waals surface area contributed by atoms with Crippen LogP contribution in [0.5, 0.6) is 0 Å². The van der Waals surface area contributed by atoms with Crippen LogP contribution in [0.25, 0.3) is 0 Å². The summed E-state index contributed by atoms with van der Waals surface area (Å²) in [7, 11) is 0. The van der Waals surface area contributed by atoms with E-state index in [4.69, 9.17) is 16.3 Å². The molecule has 4 rings (SSSR count). The highest BCUT2D eigenvalue weighted by Crippen LogP contribution is 2.44. The first kappa shape index (κ1) is 19.3. The van der Waals surface area contributed by atoms with Crippen molar-refractivity contribution in [3.8, 4) is 0 Å². The van der Waals surface area contributed by atoms with Crippen molar-refractivity contribution in [2.45, 2.75) is 63.9 Å². The van der Waals surface area contributed by atoms with E-state index in [1.54, 1.807) is 0 Å².